The summed E-state index contributed by atoms with van der Waals surface area (Å²) in [6, 6.07) is 0.176. The van der Waals surface area contributed by atoms with E-state index in [9.17, 15) is 4.79 Å². The summed E-state index contributed by atoms with van der Waals surface area (Å²) in [6.07, 6.45) is 0.802. The van der Waals surface area contributed by atoms with Crippen molar-refractivity contribution < 1.29 is 14.0 Å². The molecule has 1 aliphatic rings. The van der Waals surface area contributed by atoms with Crippen molar-refractivity contribution in [2.24, 2.45) is 0 Å². The number of amides is 1. The molecule has 124 valence electrons. The normalized spacial score (nSPS) is 24.3. The average molecular weight is 316 g/mol. The van der Waals surface area contributed by atoms with Gasteiger partial charge in [0.05, 0.1) is 6.10 Å². The maximum absolute atomic E-state index is 12.2. The van der Waals surface area contributed by atoms with Gasteiger partial charge >= 0.3 is 6.09 Å². The number of carbonyl (C=O) groups is 1. The molecule has 2 atom stereocenters. The summed E-state index contributed by atoms with van der Waals surface area (Å²) in [5, 5.41) is 0.190. The molecule has 0 radical (unpaired) electrons. The number of rotatable bonds is 2. The first kappa shape index (κ1) is 18.5. The van der Waals surface area contributed by atoms with Crippen LogP contribution in [0.5, 0.6) is 0 Å². The zero-order valence-electron chi connectivity index (χ0n) is 15.2. The van der Waals surface area contributed by atoms with Gasteiger partial charge in [0.25, 0.3) is 0 Å². The highest BCUT2D eigenvalue weighted by Gasteiger charge is 2.43. The van der Waals surface area contributed by atoms with Crippen LogP contribution < -0.4 is 0 Å². The van der Waals surface area contributed by atoms with Crippen molar-refractivity contribution >= 4 is 14.4 Å². The third kappa shape index (κ3) is 4.99. The van der Waals surface area contributed by atoms with Crippen molar-refractivity contribution in [3.05, 3.63) is 0 Å². The second-order valence-corrected chi connectivity index (χ2v) is 13.5. The summed E-state index contributed by atoms with van der Waals surface area (Å²) < 4.78 is 11.9. The van der Waals surface area contributed by atoms with Crippen molar-refractivity contribution in [1.82, 2.24) is 4.90 Å². The van der Waals surface area contributed by atoms with Gasteiger partial charge in [0.15, 0.2) is 8.32 Å². The zero-order valence-corrected chi connectivity index (χ0v) is 16.2. The smallest absolute Gasteiger partial charge is 0.410 e. The topological polar surface area (TPSA) is 38.8 Å². The van der Waals surface area contributed by atoms with Gasteiger partial charge in [-0.05, 0) is 52.2 Å². The lowest BCUT2D eigenvalue weighted by Crippen LogP contribution is -2.45. The highest BCUT2D eigenvalue weighted by Crippen LogP contribution is 2.39. The molecule has 0 spiro atoms. The monoisotopic (exact) mass is 315 g/mol. The Morgan fingerprint density at radius 1 is 1.14 bits per heavy atom. The highest BCUT2D eigenvalue weighted by molar-refractivity contribution is 6.74. The first-order chi connectivity index (χ1) is 9.23. The Kier molecular flexibility index (Phi) is 5.21. The molecule has 0 aromatic rings. The van der Waals surface area contributed by atoms with Gasteiger partial charge in [-0.25, -0.2) is 4.79 Å². The minimum atomic E-state index is -1.79. The van der Waals surface area contributed by atoms with Crippen molar-refractivity contribution in [2.45, 2.75) is 90.8 Å². The van der Waals surface area contributed by atoms with Crippen LogP contribution in [0.4, 0.5) is 4.79 Å². The van der Waals surface area contributed by atoms with Gasteiger partial charge in [-0.1, -0.05) is 20.8 Å². The third-order valence-corrected chi connectivity index (χ3v) is 8.97. The number of nitrogens with zero attached hydrogens (tertiary/aromatic N) is 1. The van der Waals surface area contributed by atoms with Gasteiger partial charge < -0.3 is 14.1 Å². The van der Waals surface area contributed by atoms with Crippen molar-refractivity contribution in [2.75, 3.05) is 6.54 Å². The molecule has 1 fully saturated rings. The second kappa shape index (κ2) is 5.92. The molecule has 1 heterocycles. The number of ether oxygens (including phenoxy) is 1. The van der Waals surface area contributed by atoms with Crippen LogP contribution in [0.15, 0.2) is 0 Å². The molecule has 0 aromatic heterocycles. The summed E-state index contributed by atoms with van der Waals surface area (Å²) >= 11 is 0. The maximum Gasteiger partial charge on any atom is 0.410 e. The van der Waals surface area contributed by atoms with Crippen LogP contribution in [-0.2, 0) is 9.16 Å². The van der Waals surface area contributed by atoms with Gasteiger partial charge in [-0.15, -0.1) is 0 Å². The molecule has 0 bridgehead atoms. The Morgan fingerprint density at radius 2 is 1.67 bits per heavy atom. The highest BCUT2D eigenvalue weighted by atomic mass is 28.4. The largest absolute Gasteiger partial charge is 0.444 e. The quantitative estimate of drug-likeness (QED) is 0.709. The molecule has 0 N–H and O–H groups in total. The summed E-state index contributed by atoms with van der Waals surface area (Å²) in [6.45, 7) is 19.6. The lowest BCUT2D eigenvalue weighted by Gasteiger charge is -2.38. The van der Waals surface area contributed by atoms with Crippen LogP contribution in [0.3, 0.4) is 0 Å². The number of hydrogen-bond acceptors (Lipinski definition) is 3. The predicted molar refractivity (Wildman–Crippen MR) is 89.1 cm³/mol. The third-order valence-electron chi connectivity index (χ3n) is 4.43. The lowest BCUT2D eigenvalue weighted by molar-refractivity contribution is 0.0222. The number of likely N-dealkylation sites (tertiary alicyclic amines) is 1. The number of hydrogen-bond donors (Lipinski definition) is 0. The van der Waals surface area contributed by atoms with Crippen LogP contribution in [-0.4, -0.2) is 43.6 Å². The van der Waals surface area contributed by atoms with Crippen LogP contribution in [0.1, 0.15) is 54.9 Å². The van der Waals surface area contributed by atoms with Gasteiger partial charge in [0, 0.05) is 12.6 Å². The summed E-state index contributed by atoms with van der Waals surface area (Å²) in [7, 11) is -1.79. The Bertz CT molecular complexity index is 382. The number of carbonyl (C=O) groups excluding carboxylic acids is 1. The Hall–Kier alpha value is -0.553. The average Bonchev–Trinajstić information content (AvgIpc) is 2.54. The molecule has 1 amide bonds. The fourth-order valence-corrected chi connectivity index (χ4v) is 3.59. The van der Waals surface area contributed by atoms with Crippen molar-refractivity contribution in [3.8, 4) is 0 Å². The summed E-state index contributed by atoms with van der Waals surface area (Å²) in [5.74, 6) is 0. The Labute approximate surface area is 131 Å². The van der Waals surface area contributed by atoms with Crippen LogP contribution >= 0.6 is 0 Å². The molecular formula is C16H33NO3Si. The fourth-order valence-electron chi connectivity index (χ4n) is 2.24. The van der Waals surface area contributed by atoms with E-state index >= 15 is 0 Å². The van der Waals surface area contributed by atoms with E-state index in [-0.39, 0.29) is 23.3 Å². The molecule has 0 aliphatic carbocycles. The molecule has 1 aliphatic heterocycles. The first-order valence-electron chi connectivity index (χ1n) is 7.90. The van der Waals surface area contributed by atoms with Gasteiger partial charge in [0.2, 0.25) is 0 Å². The molecule has 1 saturated heterocycles. The van der Waals surface area contributed by atoms with Gasteiger partial charge in [-0.2, -0.15) is 0 Å². The minimum absolute atomic E-state index is 0.133. The molecule has 21 heavy (non-hydrogen) atoms. The molecule has 4 nitrogen and oxygen atoms in total. The summed E-state index contributed by atoms with van der Waals surface area (Å²) in [5.41, 5.74) is -0.449. The fraction of sp³-hybridized carbons (Fsp3) is 0.938. The van der Waals surface area contributed by atoms with Gasteiger partial charge in [-0.3, -0.25) is 0 Å². The standard InChI is InChI=1S/C16H33NO3Si/c1-12-10-13(20-21(8,9)16(5,6)7)11-17(12)14(18)19-15(2,3)4/h12-13H,10-11H2,1-9H3/t12-,13-/m1/s1. The van der Waals surface area contributed by atoms with Crippen molar-refractivity contribution in [1.29, 1.82) is 0 Å². The Morgan fingerprint density at radius 3 is 2.10 bits per heavy atom. The molecule has 0 unspecified atom stereocenters. The van der Waals surface area contributed by atoms with E-state index in [4.69, 9.17) is 9.16 Å². The summed E-state index contributed by atoms with van der Waals surface area (Å²) in [4.78, 5) is 14.0. The minimum Gasteiger partial charge on any atom is -0.444 e. The lowest BCUT2D eigenvalue weighted by atomic mass is 10.2. The zero-order chi connectivity index (χ0) is 16.6. The van der Waals surface area contributed by atoms with E-state index in [0.717, 1.165) is 6.42 Å². The molecule has 0 aromatic carbocycles. The van der Waals surface area contributed by atoms with E-state index < -0.39 is 13.9 Å². The van der Waals surface area contributed by atoms with E-state index in [0.29, 0.717) is 6.54 Å². The maximum atomic E-state index is 12.2. The second-order valence-electron chi connectivity index (χ2n) is 8.72. The molecule has 0 saturated carbocycles. The van der Waals surface area contributed by atoms with Gasteiger partial charge in [0.1, 0.15) is 5.60 Å². The Balaban J connectivity index is 2.67. The van der Waals surface area contributed by atoms with E-state index in [2.05, 4.69) is 40.8 Å². The van der Waals surface area contributed by atoms with E-state index in [1.54, 1.807) is 0 Å². The van der Waals surface area contributed by atoms with Crippen LogP contribution in [0.2, 0.25) is 18.1 Å². The SMILES string of the molecule is C[C@@H]1C[C@@H](O[Si](C)(C)C(C)(C)C)CN1C(=O)OC(C)(C)C. The molecule has 5 heteroatoms. The first-order valence-corrected chi connectivity index (χ1v) is 10.8. The van der Waals surface area contributed by atoms with Crippen molar-refractivity contribution in [3.63, 3.8) is 0 Å². The molecular weight excluding hydrogens is 282 g/mol. The van der Waals surface area contributed by atoms with Crippen LogP contribution in [0, 0.1) is 0 Å². The van der Waals surface area contributed by atoms with Crippen LogP contribution in [0.25, 0.3) is 0 Å². The predicted octanol–water partition coefficient (Wildman–Crippen LogP) is 4.41. The van der Waals surface area contributed by atoms with E-state index in [1.165, 1.54) is 0 Å². The molecule has 1 rings (SSSR count). The van der Waals surface area contributed by atoms with E-state index in [1.807, 2.05) is 25.7 Å².